The fourth-order valence-electron chi connectivity index (χ4n) is 6.93. The zero-order valence-corrected chi connectivity index (χ0v) is 23.5. The average Bonchev–Trinajstić information content (AvgIpc) is 3.59. The Labute approximate surface area is 241 Å². The van der Waals surface area contributed by atoms with Crippen LogP contribution in [0, 0.1) is 11.8 Å². The largest absolute Gasteiger partial charge is 0.477 e. The maximum atomic E-state index is 12.4. The zero-order valence-electron chi connectivity index (χ0n) is 23.5. The Morgan fingerprint density at radius 3 is 2.12 bits per heavy atom. The molecule has 0 spiro atoms. The van der Waals surface area contributed by atoms with Crippen molar-refractivity contribution in [1.29, 1.82) is 0 Å². The van der Waals surface area contributed by atoms with Crippen LogP contribution in [0.15, 0.2) is 95.8 Å². The second-order valence-corrected chi connectivity index (χ2v) is 11.5. The number of carboxylic acids is 1. The maximum absolute atomic E-state index is 12.4. The summed E-state index contributed by atoms with van der Waals surface area (Å²) in [5.41, 5.74) is 5.55. The van der Waals surface area contributed by atoms with Gasteiger partial charge in [-0.25, -0.2) is 4.79 Å². The van der Waals surface area contributed by atoms with Crippen molar-refractivity contribution in [2.45, 2.75) is 45.3 Å². The number of aromatic nitrogens is 1. The van der Waals surface area contributed by atoms with Crippen LogP contribution >= 0.6 is 0 Å². The van der Waals surface area contributed by atoms with Gasteiger partial charge in [-0.15, -0.1) is 0 Å². The first-order chi connectivity index (χ1) is 20.0. The van der Waals surface area contributed by atoms with Crippen molar-refractivity contribution in [3.63, 3.8) is 0 Å². The molecule has 1 aliphatic heterocycles. The third-order valence-corrected chi connectivity index (χ3v) is 9.00. The van der Waals surface area contributed by atoms with Crippen molar-refractivity contribution in [1.82, 2.24) is 9.88 Å². The Hall–Kier alpha value is -4.16. The van der Waals surface area contributed by atoms with Crippen LogP contribution in [-0.2, 0) is 19.5 Å². The van der Waals surface area contributed by atoms with Gasteiger partial charge < -0.3 is 15.0 Å². The van der Waals surface area contributed by atoms with Crippen molar-refractivity contribution in [3.05, 3.63) is 124 Å². The highest BCUT2D eigenvalue weighted by atomic mass is 16.4. The van der Waals surface area contributed by atoms with Crippen molar-refractivity contribution in [2.75, 3.05) is 18.0 Å². The number of H-pyrrole nitrogens is 1. The van der Waals surface area contributed by atoms with Crippen LogP contribution in [0.25, 0.3) is 11.3 Å². The van der Waals surface area contributed by atoms with Crippen LogP contribution < -0.4 is 10.5 Å². The highest BCUT2D eigenvalue weighted by molar-refractivity contribution is 5.88. The molecule has 6 nitrogen and oxygen atoms in total. The Kier molecular flexibility index (Phi) is 7.75. The Balaban J connectivity index is 1.20. The highest BCUT2D eigenvalue weighted by Crippen LogP contribution is 2.43. The van der Waals surface area contributed by atoms with Gasteiger partial charge in [-0.1, -0.05) is 79.7 Å². The summed E-state index contributed by atoms with van der Waals surface area (Å²) in [4.78, 5) is 31.8. The molecule has 2 heterocycles. The van der Waals surface area contributed by atoms with Gasteiger partial charge in [0.25, 0.3) is 5.56 Å². The fourth-order valence-corrected chi connectivity index (χ4v) is 6.93. The normalized spacial score (nSPS) is 20.0. The molecule has 210 valence electrons. The molecule has 2 fully saturated rings. The van der Waals surface area contributed by atoms with Crippen LogP contribution in [0.3, 0.4) is 0 Å². The van der Waals surface area contributed by atoms with Gasteiger partial charge in [0.2, 0.25) is 0 Å². The molecule has 4 aromatic rings. The van der Waals surface area contributed by atoms with Gasteiger partial charge in [-0.2, -0.15) is 0 Å². The van der Waals surface area contributed by atoms with Gasteiger partial charge in [0, 0.05) is 37.9 Å². The van der Waals surface area contributed by atoms with Crippen molar-refractivity contribution >= 4 is 11.7 Å². The molecule has 3 atom stereocenters. The number of carboxylic acid groups (broad SMARTS) is 1. The second kappa shape index (κ2) is 11.8. The van der Waals surface area contributed by atoms with Crippen LogP contribution in [0.2, 0.25) is 0 Å². The van der Waals surface area contributed by atoms with E-state index in [9.17, 15) is 14.7 Å². The molecule has 2 aliphatic rings. The SMILES string of the molecule is CCc1cc(C(=O)O)c(=O)[nH]c1-c1ccc(N2CC3CCC(N(Cc4ccccc4)Cc4ccccc4)C3C2)cc1. The Morgan fingerprint density at radius 2 is 1.54 bits per heavy atom. The first-order valence-corrected chi connectivity index (χ1v) is 14.7. The minimum atomic E-state index is -1.20. The van der Waals surface area contributed by atoms with Crippen LogP contribution in [0.1, 0.15) is 46.8 Å². The molecule has 6 heteroatoms. The van der Waals surface area contributed by atoms with Gasteiger partial charge in [-0.05, 0) is 71.6 Å². The summed E-state index contributed by atoms with van der Waals surface area (Å²) < 4.78 is 0. The smallest absolute Gasteiger partial charge is 0.341 e. The highest BCUT2D eigenvalue weighted by Gasteiger charge is 2.44. The van der Waals surface area contributed by atoms with Crippen LogP contribution in [-0.4, -0.2) is 40.1 Å². The second-order valence-electron chi connectivity index (χ2n) is 11.5. The van der Waals surface area contributed by atoms with Gasteiger partial charge in [-0.3, -0.25) is 9.69 Å². The van der Waals surface area contributed by atoms with Gasteiger partial charge in [0.05, 0.1) is 5.69 Å². The number of benzene rings is 3. The standard InChI is InChI=1S/C35H37N3O3/c1-2-26-19-30(35(40)41)34(39)36-33(26)27-13-16-29(17-14-27)37-22-28-15-18-32(31(28)23-37)38(20-24-9-5-3-6-10-24)21-25-11-7-4-8-12-25/h3-14,16-17,19,28,31-32H,2,15,18,20-23H2,1H3,(H,36,39)(H,40,41). The lowest BCUT2D eigenvalue weighted by Gasteiger charge is -2.33. The maximum Gasteiger partial charge on any atom is 0.341 e. The van der Waals surface area contributed by atoms with E-state index in [0.717, 1.165) is 37.3 Å². The van der Waals surface area contributed by atoms with E-state index in [4.69, 9.17) is 0 Å². The summed E-state index contributed by atoms with van der Waals surface area (Å²) in [6.45, 7) is 5.98. The number of rotatable bonds is 9. The predicted octanol–water partition coefficient (Wildman–Crippen LogP) is 6.22. The molecule has 1 saturated heterocycles. The molecule has 1 aromatic heterocycles. The average molecular weight is 548 g/mol. The van der Waals surface area contributed by atoms with E-state index in [1.165, 1.54) is 35.7 Å². The summed E-state index contributed by atoms with van der Waals surface area (Å²) in [5.74, 6) is 0.0980. The molecule has 1 aliphatic carbocycles. The van der Waals surface area contributed by atoms with E-state index in [1.54, 1.807) is 0 Å². The van der Waals surface area contributed by atoms with Crippen molar-refractivity contribution < 1.29 is 9.90 Å². The van der Waals surface area contributed by atoms with E-state index >= 15 is 0 Å². The molecule has 3 unspecified atom stereocenters. The topological polar surface area (TPSA) is 76.6 Å². The lowest BCUT2D eigenvalue weighted by molar-refractivity contribution is 0.0695. The number of aromatic amines is 1. The first-order valence-electron chi connectivity index (χ1n) is 14.7. The zero-order chi connectivity index (χ0) is 28.3. The molecule has 2 N–H and O–H groups in total. The Morgan fingerprint density at radius 1 is 0.902 bits per heavy atom. The number of aryl methyl sites for hydroxylation is 1. The molecule has 0 radical (unpaired) electrons. The lowest BCUT2D eigenvalue weighted by Crippen LogP contribution is -2.39. The lowest BCUT2D eigenvalue weighted by atomic mass is 9.96. The van der Waals surface area contributed by atoms with E-state index in [-0.39, 0.29) is 5.56 Å². The number of hydrogen-bond acceptors (Lipinski definition) is 4. The van der Waals surface area contributed by atoms with Crippen molar-refractivity contribution in [3.8, 4) is 11.3 Å². The summed E-state index contributed by atoms with van der Waals surface area (Å²) >= 11 is 0. The number of hydrogen-bond donors (Lipinski definition) is 2. The molecule has 0 amide bonds. The van der Waals surface area contributed by atoms with E-state index in [1.807, 2.05) is 19.1 Å². The summed E-state index contributed by atoms with van der Waals surface area (Å²) in [6.07, 6.45) is 3.12. The van der Waals surface area contributed by atoms with Gasteiger partial charge in [0.1, 0.15) is 5.56 Å². The molecule has 1 saturated carbocycles. The van der Waals surface area contributed by atoms with Gasteiger partial charge >= 0.3 is 5.97 Å². The summed E-state index contributed by atoms with van der Waals surface area (Å²) in [7, 11) is 0. The molecular weight excluding hydrogens is 510 g/mol. The minimum absolute atomic E-state index is 0.214. The van der Waals surface area contributed by atoms with E-state index < -0.39 is 11.5 Å². The van der Waals surface area contributed by atoms with Crippen LogP contribution in [0.4, 0.5) is 5.69 Å². The number of aromatic carboxylic acids is 1. The fraction of sp³-hybridized carbons (Fsp3) is 0.314. The minimum Gasteiger partial charge on any atom is -0.477 e. The number of pyridine rings is 1. The van der Waals surface area contributed by atoms with Crippen molar-refractivity contribution in [2.24, 2.45) is 11.8 Å². The molecule has 3 aromatic carbocycles. The number of fused-ring (bicyclic) bond motifs is 1. The molecule has 41 heavy (non-hydrogen) atoms. The monoisotopic (exact) mass is 547 g/mol. The summed E-state index contributed by atoms with van der Waals surface area (Å²) in [5, 5.41) is 9.34. The number of nitrogens with one attached hydrogen (secondary N) is 1. The number of anilines is 1. The van der Waals surface area contributed by atoms with E-state index in [0.29, 0.717) is 30.0 Å². The van der Waals surface area contributed by atoms with Gasteiger partial charge in [0.15, 0.2) is 0 Å². The third-order valence-electron chi connectivity index (χ3n) is 9.00. The summed E-state index contributed by atoms with van der Waals surface area (Å²) in [6, 6.07) is 32.1. The molecular formula is C35H37N3O3. The van der Waals surface area contributed by atoms with E-state index in [2.05, 4.69) is 87.6 Å². The molecule has 6 rings (SSSR count). The first kappa shape index (κ1) is 27.0. The third kappa shape index (κ3) is 5.70. The predicted molar refractivity (Wildman–Crippen MR) is 163 cm³/mol. The quantitative estimate of drug-likeness (QED) is 0.260. The molecule has 0 bridgehead atoms. The van der Waals surface area contributed by atoms with Crippen LogP contribution in [0.5, 0.6) is 0 Å². The number of nitrogens with zero attached hydrogens (tertiary/aromatic N) is 2. The Bertz CT molecular complexity index is 1510. The number of carbonyl (C=O) groups is 1.